The average Bonchev–Trinajstić information content (AvgIpc) is 2.33. The number of hydrogen-bond acceptors (Lipinski definition) is 5. The van der Waals surface area contributed by atoms with E-state index in [2.05, 4.69) is 16.0 Å². The van der Waals surface area contributed by atoms with Crippen molar-refractivity contribution in [3.8, 4) is 5.75 Å². The first-order valence-corrected chi connectivity index (χ1v) is 5.60. The second-order valence-electron chi connectivity index (χ2n) is 4.12. The van der Waals surface area contributed by atoms with Gasteiger partial charge in [0, 0.05) is 18.2 Å². The normalized spacial score (nSPS) is 10.3. The van der Waals surface area contributed by atoms with Gasteiger partial charge in [-0.15, -0.1) is 0 Å². The molecule has 1 heterocycles. The van der Waals surface area contributed by atoms with Gasteiger partial charge in [-0.25, -0.2) is 4.98 Å². The van der Waals surface area contributed by atoms with Crippen molar-refractivity contribution in [1.29, 1.82) is 0 Å². The first kappa shape index (κ1) is 12.2. The number of nitrogen functional groups attached to an aromatic ring is 2. The number of ether oxygens (including phenoxy) is 1. The van der Waals surface area contributed by atoms with Crippen LogP contribution in [0.25, 0.3) is 0 Å². The summed E-state index contributed by atoms with van der Waals surface area (Å²) in [4.78, 5) is 7.90. The quantitative estimate of drug-likeness (QED) is 0.855. The Balaban J connectivity index is 2.26. The van der Waals surface area contributed by atoms with Gasteiger partial charge < -0.3 is 16.2 Å². The topological polar surface area (TPSA) is 87.0 Å². The first-order valence-electron chi connectivity index (χ1n) is 5.60. The minimum atomic E-state index is 0.196. The van der Waals surface area contributed by atoms with Crippen molar-refractivity contribution in [2.45, 2.75) is 13.3 Å². The van der Waals surface area contributed by atoms with Crippen molar-refractivity contribution in [1.82, 2.24) is 9.97 Å². The van der Waals surface area contributed by atoms with Crippen LogP contribution in [0.4, 0.5) is 11.8 Å². The zero-order chi connectivity index (χ0) is 13.1. The van der Waals surface area contributed by atoms with Gasteiger partial charge in [-0.2, -0.15) is 4.98 Å². The maximum Gasteiger partial charge on any atom is 0.221 e. The van der Waals surface area contributed by atoms with Crippen LogP contribution in [0.2, 0.25) is 0 Å². The Kier molecular flexibility index (Phi) is 3.32. The maximum absolute atomic E-state index is 5.81. The van der Waals surface area contributed by atoms with E-state index in [0.717, 1.165) is 22.4 Å². The van der Waals surface area contributed by atoms with Crippen molar-refractivity contribution in [2.75, 3.05) is 18.6 Å². The third kappa shape index (κ3) is 2.51. The molecule has 1 aromatic heterocycles. The standard InChI is InChI=1S/C13H16N4O/c1-8-5-9(3-4-11(8)18-2)6-10-7-16-13(15)17-12(10)14/h3-5,7H,6H2,1-2H3,(H4,14,15,16,17). The van der Waals surface area contributed by atoms with E-state index in [1.165, 1.54) is 0 Å². The number of hydrogen-bond donors (Lipinski definition) is 2. The molecule has 5 nitrogen and oxygen atoms in total. The average molecular weight is 244 g/mol. The molecule has 0 unspecified atom stereocenters. The van der Waals surface area contributed by atoms with Crippen LogP contribution in [-0.4, -0.2) is 17.1 Å². The Morgan fingerprint density at radius 2 is 2.06 bits per heavy atom. The number of aryl methyl sites for hydroxylation is 1. The SMILES string of the molecule is COc1ccc(Cc2cnc(N)nc2N)cc1C. The van der Waals surface area contributed by atoms with E-state index in [4.69, 9.17) is 16.2 Å². The lowest BCUT2D eigenvalue weighted by atomic mass is 10.0. The van der Waals surface area contributed by atoms with Crippen LogP contribution >= 0.6 is 0 Å². The fourth-order valence-electron chi connectivity index (χ4n) is 1.84. The number of nitrogens with zero attached hydrogens (tertiary/aromatic N) is 2. The van der Waals surface area contributed by atoms with Gasteiger partial charge in [0.05, 0.1) is 7.11 Å². The summed E-state index contributed by atoms with van der Waals surface area (Å²) < 4.78 is 5.22. The Hall–Kier alpha value is -2.30. The van der Waals surface area contributed by atoms with Crippen molar-refractivity contribution >= 4 is 11.8 Å². The molecular formula is C13H16N4O. The molecule has 0 bridgehead atoms. The zero-order valence-electron chi connectivity index (χ0n) is 10.5. The van der Waals surface area contributed by atoms with Crippen LogP contribution in [0, 0.1) is 6.92 Å². The van der Waals surface area contributed by atoms with Crippen LogP contribution in [0.1, 0.15) is 16.7 Å². The number of nitrogens with two attached hydrogens (primary N) is 2. The molecule has 0 aliphatic heterocycles. The fraction of sp³-hybridized carbons (Fsp3) is 0.231. The van der Waals surface area contributed by atoms with Gasteiger partial charge in [-0.3, -0.25) is 0 Å². The third-order valence-electron chi connectivity index (χ3n) is 2.77. The minimum absolute atomic E-state index is 0.196. The van der Waals surface area contributed by atoms with Gasteiger partial charge in [0.1, 0.15) is 11.6 Å². The summed E-state index contributed by atoms with van der Waals surface area (Å²) in [7, 11) is 1.66. The molecule has 0 spiro atoms. The van der Waals surface area contributed by atoms with E-state index in [1.54, 1.807) is 13.3 Å². The number of aromatic nitrogens is 2. The van der Waals surface area contributed by atoms with Gasteiger partial charge in [0.25, 0.3) is 0 Å². The van der Waals surface area contributed by atoms with E-state index in [0.29, 0.717) is 12.2 Å². The molecule has 0 amide bonds. The Morgan fingerprint density at radius 3 is 2.67 bits per heavy atom. The smallest absolute Gasteiger partial charge is 0.221 e. The van der Waals surface area contributed by atoms with E-state index in [9.17, 15) is 0 Å². The molecule has 18 heavy (non-hydrogen) atoms. The summed E-state index contributed by atoms with van der Waals surface area (Å²) >= 11 is 0. The van der Waals surface area contributed by atoms with Gasteiger partial charge in [-0.05, 0) is 24.1 Å². The summed E-state index contributed by atoms with van der Waals surface area (Å²) in [5.41, 5.74) is 14.4. The van der Waals surface area contributed by atoms with Crippen LogP contribution < -0.4 is 16.2 Å². The van der Waals surface area contributed by atoms with Crippen molar-refractivity contribution < 1.29 is 4.74 Å². The fourth-order valence-corrected chi connectivity index (χ4v) is 1.84. The van der Waals surface area contributed by atoms with Crippen molar-refractivity contribution in [2.24, 2.45) is 0 Å². The molecule has 2 aromatic rings. The highest BCUT2D eigenvalue weighted by molar-refractivity contribution is 5.45. The molecule has 0 fully saturated rings. The molecule has 0 saturated heterocycles. The molecule has 0 aliphatic rings. The van der Waals surface area contributed by atoms with E-state index < -0.39 is 0 Å². The van der Waals surface area contributed by atoms with Crippen molar-refractivity contribution in [3.05, 3.63) is 41.1 Å². The van der Waals surface area contributed by atoms with Gasteiger partial charge in [0.2, 0.25) is 5.95 Å². The lowest BCUT2D eigenvalue weighted by Crippen LogP contribution is -2.04. The lowest BCUT2D eigenvalue weighted by molar-refractivity contribution is 0.411. The zero-order valence-corrected chi connectivity index (χ0v) is 10.5. The van der Waals surface area contributed by atoms with Gasteiger partial charge in [0.15, 0.2) is 0 Å². The molecule has 94 valence electrons. The van der Waals surface area contributed by atoms with E-state index in [1.807, 2.05) is 19.1 Å². The summed E-state index contributed by atoms with van der Waals surface area (Å²) in [5.74, 6) is 1.50. The largest absolute Gasteiger partial charge is 0.496 e. The summed E-state index contributed by atoms with van der Waals surface area (Å²) in [6.45, 7) is 2.01. The van der Waals surface area contributed by atoms with E-state index >= 15 is 0 Å². The molecule has 0 atom stereocenters. The molecule has 0 saturated carbocycles. The van der Waals surface area contributed by atoms with Crippen LogP contribution in [0.3, 0.4) is 0 Å². The summed E-state index contributed by atoms with van der Waals surface area (Å²) in [6, 6.07) is 6.01. The molecule has 2 rings (SSSR count). The Morgan fingerprint density at radius 1 is 1.28 bits per heavy atom. The first-order chi connectivity index (χ1) is 8.60. The second-order valence-corrected chi connectivity index (χ2v) is 4.12. The van der Waals surface area contributed by atoms with Crippen LogP contribution in [0.5, 0.6) is 5.75 Å². The molecule has 1 aromatic carbocycles. The Labute approximate surface area is 106 Å². The highest BCUT2D eigenvalue weighted by atomic mass is 16.5. The van der Waals surface area contributed by atoms with Crippen molar-refractivity contribution in [3.63, 3.8) is 0 Å². The number of anilines is 2. The molecular weight excluding hydrogens is 228 g/mol. The predicted octanol–water partition coefficient (Wildman–Crippen LogP) is 1.55. The molecule has 0 aliphatic carbocycles. The second kappa shape index (κ2) is 4.91. The molecule has 0 radical (unpaired) electrons. The monoisotopic (exact) mass is 244 g/mol. The predicted molar refractivity (Wildman–Crippen MR) is 71.4 cm³/mol. The lowest BCUT2D eigenvalue weighted by Gasteiger charge is -2.08. The minimum Gasteiger partial charge on any atom is -0.496 e. The number of benzene rings is 1. The summed E-state index contributed by atoms with van der Waals surface area (Å²) in [6.07, 6.45) is 2.34. The highest BCUT2D eigenvalue weighted by Crippen LogP contribution is 2.21. The molecule has 5 heteroatoms. The van der Waals surface area contributed by atoms with Gasteiger partial charge >= 0.3 is 0 Å². The summed E-state index contributed by atoms with van der Waals surface area (Å²) in [5, 5.41) is 0. The number of rotatable bonds is 3. The van der Waals surface area contributed by atoms with Crippen LogP contribution in [-0.2, 0) is 6.42 Å². The number of methoxy groups -OCH3 is 1. The van der Waals surface area contributed by atoms with E-state index in [-0.39, 0.29) is 5.95 Å². The Bertz CT molecular complexity index is 569. The third-order valence-corrected chi connectivity index (χ3v) is 2.77. The molecule has 4 N–H and O–H groups in total. The van der Waals surface area contributed by atoms with Gasteiger partial charge in [-0.1, -0.05) is 12.1 Å². The maximum atomic E-state index is 5.81. The highest BCUT2D eigenvalue weighted by Gasteiger charge is 2.05. The van der Waals surface area contributed by atoms with Crippen LogP contribution in [0.15, 0.2) is 24.4 Å².